The fraction of sp³-hybridized carbons (Fsp3) is 0.500. The fourth-order valence-corrected chi connectivity index (χ4v) is 3.10. The molecule has 2 aliphatic rings. The molecule has 1 aromatic carbocycles. The van der Waals surface area contributed by atoms with Crippen molar-refractivity contribution in [1.29, 1.82) is 0 Å². The van der Waals surface area contributed by atoms with Gasteiger partial charge in [-0.25, -0.2) is 0 Å². The molecule has 1 aromatic rings. The molecule has 1 saturated heterocycles. The number of amides is 1. The van der Waals surface area contributed by atoms with E-state index >= 15 is 0 Å². The Balaban J connectivity index is 1.59. The lowest BCUT2D eigenvalue weighted by Crippen LogP contribution is -2.53. The van der Waals surface area contributed by atoms with E-state index in [0.29, 0.717) is 18.7 Å². The number of nitrogens with one attached hydrogen (secondary N) is 1. The first-order valence-corrected chi connectivity index (χ1v) is 8.22. The Labute approximate surface area is 131 Å². The molecule has 1 heterocycles. The number of nitrogens with zero attached hydrogens (tertiary/aromatic N) is 1. The maximum atomic E-state index is 12.4. The van der Waals surface area contributed by atoms with E-state index in [2.05, 4.69) is 11.4 Å². The Kier molecular flexibility index (Phi) is 4.78. The Morgan fingerprint density at radius 2 is 2.09 bits per heavy atom. The zero-order chi connectivity index (χ0) is 15.4. The molecule has 0 saturated carbocycles. The number of benzene rings is 1. The van der Waals surface area contributed by atoms with E-state index in [1.165, 1.54) is 31.3 Å². The summed E-state index contributed by atoms with van der Waals surface area (Å²) in [7, 11) is 0. The van der Waals surface area contributed by atoms with Crippen LogP contribution >= 0.6 is 0 Å². The average molecular weight is 300 g/mol. The third-order valence-electron chi connectivity index (χ3n) is 4.45. The fourth-order valence-electron chi connectivity index (χ4n) is 3.10. The number of allylic oxidation sites excluding steroid dienone is 1. The molecule has 1 aliphatic heterocycles. The normalized spacial score (nSPS) is 18.6. The quantitative estimate of drug-likeness (QED) is 0.822. The highest BCUT2D eigenvalue weighted by atomic mass is 16.3. The Hall–Kier alpha value is -1.81. The van der Waals surface area contributed by atoms with Crippen LogP contribution in [-0.2, 0) is 0 Å². The molecule has 0 bridgehead atoms. The lowest BCUT2D eigenvalue weighted by Gasteiger charge is -2.36. The number of likely N-dealkylation sites (tertiary alicyclic amines) is 1. The van der Waals surface area contributed by atoms with E-state index in [0.717, 1.165) is 18.7 Å². The molecular formula is C18H24N2O2. The number of carbonyl (C=O) groups excluding carboxylic acids is 1. The van der Waals surface area contributed by atoms with E-state index in [4.69, 9.17) is 0 Å². The van der Waals surface area contributed by atoms with Gasteiger partial charge in [0.05, 0.1) is 11.7 Å². The van der Waals surface area contributed by atoms with Crippen LogP contribution in [-0.4, -0.2) is 41.7 Å². The molecule has 0 radical (unpaired) electrons. The number of aliphatic hydroxyl groups excluding tert-OH is 1. The second-order valence-electron chi connectivity index (χ2n) is 6.19. The van der Waals surface area contributed by atoms with Gasteiger partial charge in [-0.1, -0.05) is 23.8 Å². The van der Waals surface area contributed by atoms with Gasteiger partial charge in [0, 0.05) is 25.3 Å². The van der Waals surface area contributed by atoms with Crippen molar-refractivity contribution in [3.63, 3.8) is 0 Å². The van der Waals surface area contributed by atoms with Crippen LogP contribution in [0, 0.1) is 0 Å². The molecule has 0 aromatic heterocycles. The van der Waals surface area contributed by atoms with Crippen molar-refractivity contribution in [3.8, 4) is 0 Å². The third-order valence-corrected chi connectivity index (χ3v) is 4.45. The zero-order valence-electron chi connectivity index (χ0n) is 12.9. The molecule has 4 heteroatoms. The van der Waals surface area contributed by atoms with Crippen LogP contribution < -0.4 is 5.32 Å². The Morgan fingerprint density at radius 3 is 2.82 bits per heavy atom. The average Bonchev–Trinajstić information content (AvgIpc) is 2.53. The summed E-state index contributed by atoms with van der Waals surface area (Å²) in [5, 5.41) is 12.8. The topological polar surface area (TPSA) is 52.6 Å². The van der Waals surface area contributed by atoms with Gasteiger partial charge >= 0.3 is 0 Å². The molecule has 0 atom stereocenters. The summed E-state index contributed by atoms with van der Waals surface area (Å²) in [5.74, 6) is 0.00489. The minimum absolute atomic E-state index is 0.00489. The molecule has 1 amide bonds. The Bertz CT molecular complexity index is 562. The molecular weight excluding hydrogens is 276 g/mol. The van der Waals surface area contributed by atoms with Crippen molar-refractivity contribution in [3.05, 3.63) is 41.5 Å². The van der Waals surface area contributed by atoms with Crippen LogP contribution in [0.2, 0.25) is 0 Å². The first kappa shape index (κ1) is 15.1. The second kappa shape index (κ2) is 6.97. The van der Waals surface area contributed by atoms with Gasteiger partial charge in [-0.3, -0.25) is 4.79 Å². The molecule has 1 fully saturated rings. The highest BCUT2D eigenvalue weighted by Crippen LogP contribution is 2.22. The summed E-state index contributed by atoms with van der Waals surface area (Å²) in [4.78, 5) is 14.1. The summed E-state index contributed by atoms with van der Waals surface area (Å²) in [5.41, 5.74) is 3.13. The number of para-hydroxylation sites is 1. The Morgan fingerprint density at radius 1 is 1.27 bits per heavy atom. The minimum atomic E-state index is -0.359. The van der Waals surface area contributed by atoms with E-state index in [1.807, 2.05) is 24.3 Å². The molecule has 1 aliphatic carbocycles. The van der Waals surface area contributed by atoms with E-state index in [1.54, 1.807) is 4.90 Å². The lowest BCUT2D eigenvalue weighted by atomic mass is 9.97. The molecule has 22 heavy (non-hydrogen) atoms. The first-order chi connectivity index (χ1) is 10.7. The van der Waals surface area contributed by atoms with Crippen molar-refractivity contribution < 1.29 is 9.90 Å². The van der Waals surface area contributed by atoms with Gasteiger partial charge in [-0.05, 0) is 44.2 Å². The molecule has 0 unspecified atom stereocenters. The van der Waals surface area contributed by atoms with Crippen molar-refractivity contribution in [2.24, 2.45) is 0 Å². The van der Waals surface area contributed by atoms with Crippen LogP contribution in [0.4, 0.5) is 5.69 Å². The molecule has 4 nitrogen and oxygen atoms in total. The monoisotopic (exact) mass is 300 g/mol. The van der Waals surface area contributed by atoms with Gasteiger partial charge in [0.1, 0.15) is 0 Å². The third kappa shape index (κ3) is 3.50. The highest BCUT2D eigenvalue weighted by Gasteiger charge is 2.30. The first-order valence-electron chi connectivity index (χ1n) is 8.22. The van der Waals surface area contributed by atoms with Crippen LogP contribution in [0.25, 0.3) is 0 Å². The number of hydrogen-bond donors (Lipinski definition) is 2. The number of anilines is 1. The van der Waals surface area contributed by atoms with Crippen molar-refractivity contribution in [1.82, 2.24) is 4.90 Å². The lowest BCUT2D eigenvalue weighted by molar-refractivity contribution is 0.00596. The van der Waals surface area contributed by atoms with Crippen LogP contribution in [0.3, 0.4) is 0 Å². The summed E-state index contributed by atoms with van der Waals surface area (Å²) in [6.45, 7) is 1.75. The highest BCUT2D eigenvalue weighted by molar-refractivity contribution is 6.00. The summed E-state index contributed by atoms with van der Waals surface area (Å²) in [6, 6.07) is 7.65. The van der Waals surface area contributed by atoms with Gasteiger partial charge in [0.25, 0.3) is 5.91 Å². The van der Waals surface area contributed by atoms with Gasteiger partial charge in [0.15, 0.2) is 0 Å². The standard InChI is InChI=1S/C18H24N2O2/c21-15-12-20(13-15)18(22)16-8-4-5-9-17(16)19-11-10-14-6-2-1-3-7-14/h4-6,8-9,15,19,21H,1-3,7,10-13H2. The van der Waals surface area contributed by atoms with Gasteiger partial charge in [0.2, 0.25) is 0 Å². The molecule has 118 valence electrons. The van der Waals surface area contributed by atoms with Crippen LogP contribution in [0.1, 0.15) is 42.5 Å². The maximum Gasteiger partial charge on any atom is 0.256 e. The van der Waals surface area contributed by atoms with Crippen molar-refractivity contribution >= 4 is 11.6 Å². The van der Waals surface area contributed by atoms with Crippen molar-refractivity contribution in [2.45, 2.75) is 38.2 Å². The van der Waals surface area contributed by atoms with Gasteiger partial charge in [-0.2, -0.15) is 0 Å². The summed E-state index contributed by atoms with van der Waals surface area (Å²) < 4.78 is 0. The minimum Gasteiger partial charge on any atom is -0.389 e. The van der Waals surface area contributed by atoms with E-state index in [9.17, 15) is 9.90 Å². The van der Waals surface area contributed by atoms with Crippen LogP contribution in [0.5, 0.6) is 0 Å². The summed E-state index contributed by atoms with van der Waals surface area (Å²) in [6.07, 6.45) is 8.10. The molecule has 3 rings (SSSR count). The van der Waals surface area contributed by atoms with Gasteiger partial charge in [-0.15, -0.1) is 0 Å². The van der Waals surface area contributed by atoms with Crippen molar-refractivity contribution in [2.75, 3.05) is 25.0 Å². The second-order valence-corrected chi connectivity index (χ2v) is 6.19. The largest absolute Gasteiger partial charge is 0.389 e. The van der Waals surface area contributed by atoms with E-state index in [-0.39, 0.29) is 12.0 Å². The summed E-state index contributed by atoms with van der Waals surface area (Å²) >= 11 is 0. The smallest absolute Gasteiger partial charge is 0.256 e. The molecule has 0 spiro atoms. The number of carbonyl (C=O) groups is 1. The number of rotatable bonds is 5. The SMILES string of the molecule is O=C(c1ccccc1NCCC1=CCCCC1)N1CC(O)C1. The van der Waals surface area contributed by atoms with Gasteiger partial charge < -0.3 is 15.3 Å². The zero-order valence-corrected chi connectivity index (χ0v) is 12.9. The predicted molar refractivity (Wildman–Crippen MR) is 88.0 cm³/mol. The van der Waals surface area contributed by atoms with E-state index < -0.39 is 0 Å². The number of β-amino-alcohol motifs (C(OH)–C–C–N with tert-alkyl or cyclic N) is 1. The predicted octanol–water partition coefficient (Wildman–Crippen LogP) is 2.81. The number of aliphatic hydroxyl groups is 1. The maximum absolute atomic E-state index is 12.4. The van der Waals surface area contributed by atoms with Crippen LogP contribution in [0.15, 0.2) is 35.9 Å². The molecule has 2 N–H and O–H groups in total. The number of hydrogen-bond acceptors (Lipinski definition) is 3.